The highest BCUT2D eigenvalue weighted by Gasteiger charge is 2.19. The van der Waals surface area contributed by atoms with E-state index in [2.05, 4.69) is 22.0 Å². The van der Waals surface area contributed by atoms with E-state index < -0.39 is 10.9 Å². The van der Waals surface area contributed by atoms with Crippen molar-refractivity contribution in [2.24, 2.45) is 0 Å². The monoisotopic (exact) mass is 321 g/mol. The molecular formula is C14H15N3O4S. The second kappa shape index (κ2) is 6.99. The van der Waals surface area contributed by atoms with E-state index in [9.17, 15) is 14.9 Å². The number of hydrogen-bond acceptors (Lipinski definition) is 7. The Morgan fingerprint density at radius 1 is 1.45 bits per heavy atom. The highest BCUT2D eigenvalue weighted by atomic mass is 32.1. The molecule has 2 aromatic heterocycles. The summed E-state index contributed by atoms with van der Waals surface area (Å²) in [5.41, 5.74) is -0.209. The summed E-state index contributed by atoms with van der Waals surface area (Å²) in [5.74, 6) is -0.530. The minimum absolute atomic E-state index is 0.0455. The fourth-order valence-electron chi connectivity index (χ4n) is 1.84. The third kappa shape index (κ3) is 3.59. The predicted octanol–water partition coefficient (Wildman–Crippen LogP) is 3.01. The second-order valence-corrected chi connectivity index (χ2v) is 5.67. The zero-order valence-electron chi connectivity index (χ0n) is 12.2. The van der Waals surface area contributed by atoms with E-state index in [1.54, 1.807) is 11.3 Å². The number of carbonyl (C=O) groups is 1. The summed E-state index contributed by atoms with van der Waals surface area (Å²) in [5, 5.41) is 14.1. The first-order valence-electron chi connectivity index (χ1n) is 6.59. The number of esters is 1. The zero-order chi connectivity index (χ0) is 16.1. The lowest BCUT2D eigenvalue weighted by Crippen LogP contribution is -2.07. The number of aryl methyl sites for hydroxylation is 1. The summed E-state index contributed by atoms with van der Waals surface area (Å²) < 4.78 is 4.53. The highest BCUT2D eigenvalue weighted by molar-refractivity contribution is 7.12. The smallest absolute Gasteiger partial charge is 0.339 e. The molecule has 8 heteroatoms. The number of carbonyl (C=O) groups excluding carboxylic acids is 1. The number of ether oxygens (including phenoxy) is 1. The molecule has 0 aromatic carbocycles. The number of thiophene rings is 1. The Balaban J connectivity index is 2.19. The summed E-state index contributed by atoms with van der Waals surface area (Å²) in [4.78, 5) is 28.2. The van der Waals surface area contributed by atoms with Crippen LogP contribution in [0.1, 0.15) is 27.0 Å². The maximum absolute atomic E-state index is 11.4. The molecule has 0 amide bonds. The van der Waals surface area contributed by atoms with E-state index in [0.717, 1.165) is 17.4 Å². The quantitative estimate of drug-likeness (QED) is 0.499. The Hall–Kier alpha value is -2.48. The summed E-state index contributed by atoms with van der Waals surface area (Å²) in [7, 11) is 1.21. The molecule has 0 spiro atoms. The number of nitrogens with zero attached hydrogens (tertiary/aromatic N) is 2. The van der Waals surface area contributed by atoms with Crippen LogP contribution in [0, 0.1) is 10.1 Å². The van der Waals surface area contributed by atoms with Gasteiger partial charge in [-0.2, -0.15) is 0 Å². The van der Waals surface area contributed by atoms with Gasteiger partial charge in [-0.25, -0.2) is 9.78 Å². The third-order valence-corrected chi connectivity index (χ3v) is 4.21. The SMILES string of the molecule is CCc1ccc(CNc2ncc(C(=O)OC)cc2[N+](=O)[O-])s1. The van der Waals surface area contributed by atoms with Crippen LogP contribution < -0.4 is 5.32 Å². The van der Waals surface area contributed by atoms with Gasteiger partial charge in [-0.15, -0.1) is 11.3 Å². The molecule has 2 heterocycles. The van der Waals surface area contributed by atoms with Crippen molar-refractivity contribution in [3.8, 4) is 0 Å². The molecule has 0 unspecified atom stereocenters. The van der Waals surface area contributed by atoms with Crippen LogP contribution >= 0.6 is 11.3 Å². The molecular weight excluding hydrogens is 306 g/mol. The maximum atomic E-state index is 11.4. The Morgan fingerprint density at radius 3 is 2.77 bits per heavy atom. The number of hydrogen-bond donors (Lipinski definition) is 1. The standard InChI is InChI=1S/C14H15N3O4S/c1-3-10-4-5-11(22-10)8-16-13-12(17(19)20)6-9(7-15-13)14(18)21-2/h4-7H,3,8H2,1-2H3,(H,15,16). The van der Waals surface area contributed by atoms with Gasteiger partial charge in [0.15, 0.2) is 0 Å². The maximum Gasteiger partial charge on any atom is 0.339 e. The van der Waals surface area contributed by atoms with Gasteiger partial charge in [-0.1, -0.05) is 6.92 Å². The molecule has 0 fully saturated rings. The molecule has 0 saturated carbocycles. The van der Waals surface area contributed by atoms with Crippen LogP contribution in [0.4, 0.5) is 11.5 Å². The Morgan fingerprint density at radius 2 is 2.18 bits per heavy atom. The van der Waals surface area contributed by atoms with E-state index in [4.69, 9.17) is 0 Å². The number of pyridine rings is 1. The van der Waals surface area contributed by atoms with Crippen LogP contribution in [0.25, 0.3) is 0 Å². The molecule has 1 N–H and O–H groups in total. The van der Waals surface area contributed by atoms with Crippen molar-refractivity contribution in [3.05, 3.63) is 49.8 Å². The number of methoxy groups -OCH3 is 1. The number of anilines is 1. The van der Waals surface area contributed by atoms with Crippen LogP contribution in [0.15, 0.2) is 24.4 Å². The molecule has 22 heavy (non-hydrogen) atoms. The fraction of sp³-hybridized carbons (Fsp3) is 0.286. The first kappa shape index (κ1) is 15.9. The van der Waals surface area contributed by atoms with Gasteiger partial charge in [-0.3, -0.25) is 10.1 Å². The van der Waals surface area contributed by atoms with Gasteiger partial charge in [0.05, 0.1) is 24.1 Å². The molecule has 0 aliphatic carbocycles. The van der Waals surface area contributed by atoms with Crippen molar-refractivity contribution >= 4 is 28.8 Å². The number of nitrogens with one attached hydrogen (secondary N) is 1. The number of aromatic nitrogens is 1. The zero-order valence-corrected chi connectivity index (χ0v) is 13.0. The van der Waals surface area contributed by atoms with Gasteiger partial charge in [0.2, 0.25) is 5.82 Å². The Bertz CT molecular complexity index is 699. The van der Waals surface area contributed by atoms with Gasteiger partial charge in [0.25, 0.3) is 0 Å². The molecule has 7 nitrogen and oxygen atoms in total. The lowest BCUT2D eigenvalue weighted by atomic mass is 10.2. The predicted molar refractivity (Wildman–Crippen MR) is 83.3 cm³/mol. The largest absolute Gasteiger partial charge is 0.465 e. The minimum atomic E-state index is -0.659. The minimum Gasteiger partial charge on any atom is -0.465 e. The molecule has 0 aliphatic heterocycles. The Kier molecular flexibility index (Phi) is 5.05. The van der Waals surface area contributed by atoms with Crippen molar-refractivity contribution in [2.45, 2.75) is 19.9 Å². The lowest BCUT2D eigenvalue weighted by Gasteiger charge is -2.06. The third-order valence-electron chi connectivity index (χ3n) is 2.98. The number of rotatable bonds is 6. The van der Waals surface area contributed by atoms with Gasteiger partial charge in [-0.05, 0) is 18.6 Å². The van der Waals surface area contributed by atoms with Gasteiger partial charge >= 0.3 is 11.7 Å². The van der Waals surface area contributed by atoms with Crippen LogP contribution in [0.3, 0.4) is 0 Å². The number of nitro groups is 1. The second-order valence-electron chi connectivity index (χ2n) is 4.42. The van der Waals surface area contributed by atoms with Crippen molar-refractivity contribution in [2.75, 3.05) is 12.4 Å². The summed E-state index contributed by atoms with van der Waals surface area (Å²) in [6, 6.07) is 5.17. The normalized spacial score (nSPS) is 10.3. The van der Waals surface area contributed by atoms with E-state index in [0.29, 0.717) is 6.54 Å². The average Bonchev–Trinajstić information content (AvgIpc) is 3.00. The summed E-state index contributed by atoms with van der Waals surface area (Å²) >= 11 is 1.64. The molecule has 0 bridgehead atoms. The molecule has 0 saturated heterocycles. The average molecular weight is 321 g/mol. The fourth-order valence-corrected chi connectivity index (χ4v) is 2.73. The van der Waals surface area contributed by atoms with Crippen LogP contribution in [0.2, 0.25) is 0 Å². The summed E-state index contributed by atoms with van der Waals surface area (Å²) in [6.45, 7) is 2.51. The van der Waals surface area contributed by atoms with Crippen molar-refractivity contribution < 1.29 is 14.5 Å². The van der Waals surface area contributed by atoms with Crippen LogP contribution in [0.5, 0.6) is 0 Å². The lowest BCUT2D eigenvalue weighted by molar-refractivity contribution is -0.384. The molecule has 0 aliphatic rings. The summed E-state index contributed by atoms with van der Waals surface area (Å²) in [6.07, 6.45) is 2.21. The first-order valence-corrected chi connectivity index (χ1v) is 7.41. The van der Waals surface area contributed by atoms with Gasteiger partial charge in [0, 0.05) is 22.0 Å². The topological polar surface area (TPSA) is 94.4 Å². The van der Waals surface area contributed by atoms with Crippen LogP contribution in [-0.4, -0.2) is 23.0 Å². The van der Waals surface area contributed by atoms with E-state index >= 15 is 0 Å². The molecule has 2 rings (SSSR count). The highest BCUT2D eigenvalue weighted by Crippen LogP contribution is 2.25. The molecule has 0 atom stereocenters. The van der Waals surface area contributed by atoms with E-state index in [1.807, 2.05) is 12.1 Å². The molecule has 2 aromatic rings. The molecule has 116 valence electrons. The Labute approximate surface area is 131 Å². The first-order chi connectivity index (χ1) is 10.5. The van der Waals surface area contributed by atoms with Gasteiger partial charge in [0.1, 0.15) is 0 Å². The van der Waals surface area contributed by atoms with E-state index in [1.165, 1.54) is 18.2 Å². The van der Waals surface area contributed by atoms with Crippen molar-refractivity contribution in [1.82, 2.24) is 4.98 Å². The molecule has 0 radical (unpaired) electrons. The van der Waals surface area contributed by atoms with E-state index in [-0.39, 0.29) is 17.1 Å². The van der Waals surface area contributed by atoms with Crippen molar-refractivity contribution in [3.63, 3.8) is 0 Å². The van der Waals surface area contributed by atoms with Gasteiger partial charge < -0.3 is 10.1 Å². The van der Waals surface area contributed by atoms with Crippen LogP contribution in [-0.2, 0) is 17.7 Å². The van der Waals surface area contributed by atoms with Crippen molar-refractivity contribution in [1.29, 1.82) is 0 Å².